The summed E-state index contributed by atoms with van der Waals surface area (Å²) in [6.07, 6.45) is 2.41. The number of hydrogen-bond acceptors (Lipinski definition) is 4. The zero-order valence-corrected chi connectivity index (χ0v) is 9.22. The summed E-state index contributed by atoms with van der Waals surface area (Å²) in [4.78, 5) is 11.3. The molecule has 0 radical (unpaired) electrons. The van der Waals surface area contributed by atoms with Gasteiger partial charge < -0.3 is 15.4 Å². The van der Waals surface area contributed by atoms with Crippen LogP contribution in [0.3, 0.4) is 0 Å². The van der Waals surface area contributed by atoms with E-state index in [0.717, 1.165) is 13.1 Å². The standard InChI is InChI=1S/C10H20N2O2/c1-10(2,9(13)14-3)12-7-8-5-4-6-11-8/h8,11-12H,4-7H2,1-3H3. The lowest BCUT2D eigenvalue weighted by Gasteiger charge is -2.25. The summed E-state index contributed by atoms with van der Waals surface area (Å²) >= 11 is 0. The molecule has 1 aliphatic heterocycles. The van der Waals surface area contributed by atoms with Crippen molar-refractivity contribution in [1.29, 1.82) is 0 Å². The first-order valence-electron chi connectivity index (χ1n) is 5.13. The number of carbonyl (C=O) groups is 1. The van der Waals surface area contributed by atoms with E-state index in [2.05, 4.69) is 10.6 Å². The smallest absolute Gasteiger partial charge is 0.325 e. The molecule has 0 amide bonds. The van der Waals surface area contributed by atoms with Gasteiger partial charge in [0.1, 0.15) is 5.54 Å². The number of rotatable bonds is 4. The maximum Gasteiger partial charge on any atom is 0.325 e. The zero-order valence-electron chi connectivity index (χ0n) is 9.22. The van der Waals surface area contributed by atoms with E-state index >= 15 is 0 Å². The molecule has 1 fully saturated rings. The molecule has 0 aromatic carbocycles. The second-order valence-corrected chi connectivity index (χ2v) is 4.29. The van der Waals surface area contributed by atoms with Crippen LogP contribution in [0.2, 0.25) is 0 Å². The lowest BCUT2D eigenvalue weighted by atomic mass is 10.1. The predicted octanol–water partition coefficient (Wildman–Crippen LogP) is 0.280. The number of carbonyl (C=O) groups excluding carboxylic acids is 1. The van der Waals surface area contributed by atoms with Crippen molar-refractivity contribution in [2.24, 2.45) is 0 Å². The van der Waals surface area contributed by atoms with Crippen LogP contribution in [0.25, 0.3) is 0 Å². The molecule has 0 bridgehead atoms. The number of ether oxygens (including phenoxy) is 1. The quantitative estimate of drug-likeness (QED) is 0.640. The molecule has 1 aliphatic rings. The molecule has 82 valence electrons. The highest BCUT2D eigenvalue weighted by Gasteiger charge is 2.29. The highest BCUT2D eigenvalue weighted by molar-refractivity contribution is 5.79. The van der Waals surface area contributed by atoms with E-state index < -0.39 is 5.54 Å². The Morgan fingerprint density at radius 3 is 2.86 bits per heavy atom. The number of hydrogen-bond donors (Lipinski definition) is 2. The molecule has 1 heterocycles. The van der Waals surface area contributed by atoms with Crippen molar-refractivity contribution < 1.29 is 9.53 Å². The Balaban J connectivity index is 2.31. The van der Waals surface area contributed by atoms with Crippen LogP contribution in [0.1, 0.15) is 26.7 Å². The minimum absolute atomic E-state index is 0.213. The van der Waals surface area contributed by atoms with Crippen LogP contribution in [0.4, 0.5) is 0 Å². The fourth-order valence-electron chi connectivity index (χ4n) is 1.64. The Morgan fingerprint density at radius 2 is 2.36 bits per heavy atom. The summed E-state index contributed by atoms with van der Waals surface area (Å²) in [5.74, 6) is -0.213. The van der Waals surface area contributed by atoms with Gasteiger partial charge >= 0.3 is 5.97 Å². The van der Waals surface area contributed by atoms with E-state index in [1.807, 2.05) is 13.8 Å². The predicted molar refractivity (Wildman–Crippen MR) is 55.1 cm³/mol. The average Bonchev–Trinajstić information content (AvgIpc) is 2.66. The minimum Gasteiger partial charge on any atom is -0.468 e. The van der Waals surface area contributed by atoms with Crippen LogP contribution in [-0.2, 0) is 9.53 Å². The molecule has 1 unspecified atom stereocenters. The van der Waals surface area contributed by atoms with Gasteiger partial charge in [-0.15, -0.1) is 0 Å². The molecule has 2 N–H and O–H groups in total. The van der Waals surface area contributed by atoms with Gasteiger partial charge in [-0.2, -0.15) is 0 Å². The van der Waals surface area contributed by atoms with Gasteiger partial charge in [0, 0.05) is 12.6 Å². The van der Waals surface area contributed by atoms with Crippen LogP contribution in [0, 0.1) is 0 Å². The first-order chi connectivity index (χ1) is 6.56. The Bertz CT molecular complexity index is 198. The summed E-state index contributed by atoms with van der Waals surface area (Å²) in [6.45, 7) is 5.59. The molecular weight excluding hydrogens is 180 g/mol. The largest absolute Gasteiger partial charge is 0.468 e. The topological polar surface area (TPSA) is 50.4 Å². The van der Waals surface area contributed by atoms with Crippen molar-refractivity contribution in [3.05, 3.63) is 0 Å². The van der Waals surface area contributed by atoms with E-state index in [4.69, 9.17) is 4.74 Å². The number of methoxy groups -OCH3 is 1. The molecule has 0 aromatic rings. The third kappa shape index (κ3) is 2.96. The first kappa shape index (κ1) is 11.5. The van der Waals surface area contributed by atoms with Gasteiger partial charge in [-0.05, 0) is 33.2 Å². The lowest BCUT2D eigenvalue weighted by molar-refractivity contribution is -0.147. The Morgan fingerprint density at radius 1 is 1.64 bits per heavy atom. The van der Waals surface area contributed by atoms with Crippen molar-refractivity contribution in [3.8, 4) is 0 Å². The number of nitrogens with one attached hydrogen (secondary N) is 2. The van der Waals surface area contributed by atoms with Gasteiger partial charge in [-0.1, -0.05) is 0 Å². The van der Waals surface area contributed by atoms with E-state index in [9.17, 15) is 4.79 Å². The molecule has 0 saturated carbocycles. The van der Waals surface area contributed by atoms with Crippen molar-refractivity contribution in [2.45, 2.75) is 38.3 Å². The van der Waals surface area contributed by atoms with E-state index in [1.165, 1.54) is 20.0 Å². The van der Waals surface area contributed by atoms with Crippen LogP contribution in [0.5, 0.6) is 0 Å². The molecule has 4 heteroatoms. The van der Waals surface area contributed by atoms with Crippen LogP contribution in [-0.4, -0.2) is 37.7 Å². The van der Waals surface area contributed by atoms with Gasteiger partial charge in [-0.25, -0.2) is 0 Å². The second kappa shape index (κ2) is 4.75. The molecule has 14 heavy (non-hydrogen) atoms. The molecule has 0 aliphatic carbocycles. The average molecular weight is 200 g/mol. The van der Waals surface area contributed by atoms with Crippen molar-refractivity contribution >= 4 is 5.97 Å². The molecule has 0 aromatic heterocycles. The maximum absolute atomic E-state index is 11.3. The minimum atomic E-state index is -0.584. The van der Waals surface area contributed by atoms with Gasteiger partial charge in [-0.3, -0.25) is 4.79 Å². The zero-order chi connectivity index (χ0) is 10.6. The van der Waals surface area contributed by atoms with Gasteiger partial charge in [0.15, 0.2) is 0 Å². The highest BCUT2D eigenvalue weighted by Crippen LogP contribution is 2.08. The molecule has 1 rings (SSSR count). The fraction of sp³-hybridized carbons (Fsp3) is 0.900. The van der Waals surface area contributed by atoms with E-state index in [0.29, 0.717) is 6.04 Å². The van der Waals surface area contributed by atoms with Crippen LogP contribution in [0.15, 0.2) is 0 Å². The lowest BCUT2D eigenvalue weighted by Crippen LogP contribution is -2.51. The summed E-state index contributed by atoms with van der Waals surface area (Å²) in [5, 5.41) is 6.59. The van der Waals surface area contributed by atoms with Gasteiger partial charge in [0.25, 0.3) is 0 Å². The highest BCUT2D eigenvalue weighted by atomic mass is 16.5. The second-order valence-electron chi connectivity index (χ2n) is 4.29. The summed E-state index contributed by atoms with van der Waals surface area (Å²) in [6, 6.07) is 0.499. The Labute approximate surface area is 85.4 Å². The third-order valence-electron chi connectivity index (χ3n) is 2.65. The monoisotopic (exact) mass is 200 g/mol. The third-order valence-corrected chi connectivity index (χ3v) is 2.65. The van der Waals surface area contributed by atoms with Gasteiger partial charge in [0.2, 0.25) is 0 Å². The first-order valence-corrected chi connectivity index (χ1v) is 5.13. The number of esters is 1. The van der Waals surface area contributed by atoms with E-state index in [1.54, 1.807) is 0 Å². The summed E-state index contributed by atoms with van der Waals surface area (Å²) in [5.41, 5.74) is -0.584. The Hall–Kier alpha value is -0.610. The normalized spacial score (nSPS) is 22.4. The van der Waals surface area contributed by atoms with E-state index in [-0.39, 0.29) is 5.97 Å². The molecule has 1 atom stereocenters. The van der Waals surface area contributed by atoms with Crippen LogP contribution < -0.4 is 10.6 Å². The van der Waals surface area contributed by atoms with Crippen molar-refractivity contribution in [1.82, 2.24) is 10.6 Å². The molecule has 1 saturated heterocycles. The SMILES string of the molecule is COC(=O)C(C)(C)NCC1CCCN1. The van der Waals surface area contributed by atoms with Gasteiger partial charge in [0.05, 0.1) is 7.11 Å². The van der Waals surface area contributed by atoms with Crippen LogP contribution >= 0.6 is 0 Å². The Kier molecular flexibility index (Phi) is 3.89. The molecular formula is C10H20N2O2. The maximum atomic E-state index is 11.3. The molecule has 0 spiro atoms. The summed E-state index contributed by atoms with van der Waals surface area (Å²) in [7, 11) is 1.42. The molecule has 4 nitrogen and oxygen atoms in total. The fourth-order valence-corrected chi connectivity index (χ4v) is 1.64. The summed E-state index contributed by atoms with van der Waals surface area (Å²) < 4.78 is 4.71. The van der Waals surface area contributed by atoms with Crippen molar-refractivity contribution in [2.75, 3.05) is 20.2 Å². The van der Waals surface area contributed by atoms with Crippen molar-refractivity contribution in [3.63, 3.8) is 0 Å².